The van der Waals surface area contributed by atoms with Crippen LogP contribution < -0.4 is 10.2 Å². The highest BCUT2D eigenvalue weighted by atomic mass is 31.2. The van der Waals surface area contributed by atoms with Crippen LogP contribution in [0.4, 0.5) is 0 Å². The van der Waals surface area contributed by atoms with Gasteiger partial charge in [0.2, 0.25) is 5.91 Å². The third-order valence-electron chi connectivity index (χ3n) is 11.7. The van der Waals surface area contributed by atoms with Gasteiger partial charge < -0.3 is 28.5 Å². The van der Waals surface area contributed by atoms with Crippen LogP contribution in [0, 0.1) is 0 Å². The molecule has 0 aromatic rings. The molecule has 3 unspecified atom stereocenters. The fraction of sp³-hybridized carbons (Fsp3) is 0.786. The Balaban J connectivity index is 5.49. The maximum absolute atomic E-state index is 13.4. The summed E-state index contributed by atoms with van der Waals surface area (Å²) in [6.45, 7) is 6.68. The van der Waals surface area contributed by atoms with E-state index in [1.807, 2.05) is 33.3 Å². The number of hydrogen-bond donors (Lipinski definition) is 1. The van der Waals surface area contributed by atoms with E-state index in [0.29, 0.717) is 30.3 Å². The Morgan fingerprint density at radius 2 is 0.970 bits per heavy atom. The first-order valence-corrected chi connectivity index (χ1v) is 28.6. The average molecular weight is 947 g/mol. The van der Waals surface area contributed by atoms with E-state index >= 15 is 0 Å². The van der Waals surface area contributed by atoms with E-state index in [4.69, 9.17) is 13.8 Å². The number of likely N-dealkylation sites (N-methyl/N-ethyl adjacent to an activating group) is 1. The van der Waals surface area contributed by atoms with Gasteiger partial charge in [-0.2, -0.15) is 0 Å². The molecule has 0 aliphatic carbocycles. The van der Waals surface area contributed by atoms with E-state index in [2.05, 4.69) is 74.7 Å². The number of rotatable bonds is 48. The lowest BCUT2D eigenvalue weighted by molar-refractivity contribution is -0.870. The normalized spacial score (nSPS) is 14.3. The molecule has 66 heavy (non-hydrogen) atoms. The number of amides is 1. The first-order valence-electron chi connectivity index (χ1n) is 27.1. The van der Waals surface area contributed by atoms with Crippen LogP contribution in [-0.2, 0) is 27.9 Å². The number of unbranched alkanes of at least 4 members (excludes halogenated alkanes) is 24. The number of phosphoric ester groups is 1. The number of allylic oxidation sites excluding steroid dienone is 9. The standard InChI is InChI=1S/C56H103N2O7P/c1-7-10-13-16-19-22-25-28-31-34-37-40-43-46-49-56(60)65-54(47-44-41-38-35-32-29-26-23-20-17-14-11-8-2)53(52-64-66(61,62)63-51-50-58(4,5)6)57-55(59)48-45-42-39-36-33-30-27-24-21-18-15-12-9-3/h10,13,19,22,28,30-31,33,44,47,53-54H,7-9,11-12,14-18,20-21,23-27,29,32,34-43,45-46,48-52H2,1-6H3,(H-,57,59,61,62)/b13-10+,22-19+,31-28+,33-30-,47-44+. The van der Waals surface area contributed by atoms with Crippen molar-refractivity contribution in [3.63, 3.8) is 0 Å². The van der Waals surface area contributed by atoms with Crippen LogP contribution in [0.2, 0.25) is 0 Å². The van der Waals surface area contributed by atoms with Crippen molar-refractivity contribution in [2.45, 2.75) is 245 Å². The molecule has 0 heterocycles. The lowest BCUT2D eigenvalue weighted by Crippen LogP contribution is -2.47. The van der Waals surface area contributed by atoms with Gasteiger partial charge in [0.15, 0.2) is 0 Å². The van der Waals surface area contributed by atoms with Gasteiger partial charge in [-0.15, -0.1) is 0 Å². The smallest absolute Gasteiger partial charge is 0.306 e. The molecule has 0 aliphatic rings. The number of nitrogens with zero attached hydrogens (tertiary/aromatic N) is 1. The van der Waals surface area contributed by atoms with Gasteiger partial charge in [0.25, 0.3) is 7.82 Å². The molecule has 384 valence electrons. The maximum Gasteiger partial charge on any atom is 0.306 e. The van der Waals surface area contributed by atoms with Gasteiger partial charge in [0, 0.05) is 12.8 Å². The maximum atomic E-state index is 13.4. The van der Waals surface area contributed by atoms with Crippen molar-refractivity contribution in [2.75, 3.05) is 40.9 Å². The van der Waals surface area contributed by atoms with Crippen LogP contribution in [0.25, 0.3) is 0 Å². The Morgan fingerprint density at radius 1 is 0.545 bits per heavy atom. The molecule has 3 atom stereocenters. The summed E-state index contributed by atoms with van der Waals surface area (Å²) in [5, 5.41) is 3.00. The first kappa shape index (κ1) is 63.7. The molecule has 1 N–H and O–H groups in total. The molecule has 0 spiro atoms. The van der Waals surface area contributed by atoms with E-state index in [1.165, 1.54) is 96.3 Å². The molecule has 0 aliphatic heterocycles. The molecular formula is C56H103N2O7P. The van der Waals surface area contributed by atoms with Gasteiger partial charge in [-0.1, -0.05) is 191 Å². The second kappa shape index (κ2) is 46.4. The molecule has 9 nitrogen and oxygen atoms in total. The Labute approximate surface area is 407 Å². The highest BCUT2D eigenvalue weighted by Gasteiger charge is 2.27. The molecule has 0 aromatic heterocycles. The Morgan fingerprint density at radius 3 is 1.48 bits per heavy atom. The molecule has 0 saturated heterocycles. The summed E-state index contributed by atoms with van der Waals surface area (Å²) in [6, 6.07) is -0.904. The van der Waals surface area contributed by atoms with E-state index in [1.54, 1.807) is 0 Å². The van der Waals surface area contributed by atoms with Crippen molar-refractivity contribution >= 4 is 19.7 Å². The minimum absolute atomic E-state index is 0.0301. The number of quaternary nitrogens is 1. The Bertz CT molecular complexity index is 1320. The summed E-state index contributed by atoms with van der Waals surface area (Å²) in [4.78, 5) is 39.7. The lowest BCUT2D eigenvalue weighted by Gasteiger charge is -2.30. The zero-order valence-corrected chi connectivity index (χ0v) is 44.5. The van der Waals surface area contributed by atoms with E-state index in [9.17, 15) is 19.0 Å². The number of hydrogen-bond acceptors (Lipinski definition) is 7. The van der Waals surface area contributed by atoms with E-state index in [0.717, 1.165) is 89.9 Å². The van der Waals surface area contributed by atoms with E-state index in [-0.39, 0.29) is 24.9 Å². The van der Waals surface area contributed by atoms with Crippen molar-refractivity contribution in [1.29, 1.82) is 0 Å². The molecule has 1 amide bonds. The van der Waals surface area contributed by atoms with Crippen molar-refractivity contribution in [2.24, 2.45) is 0 Å². The van der Waals surface area contributed by atoms with Gasteiger partial charge >= 0.3 is 5.97 Å². The predicted molar refractivity (Wildman–Crippen MR) is 279 cm³/mol. The Hall–Kier alpha value is -2.29. The summed E-state index contributed by atoms with van der Waals surface area (Å²) in [6.07, 6.45) is 56.1. The fourth-order valence-corrected chi connectivity index (χ4v) is 8.19. The molecule has 0 saturated carbocycles. The quantitative estimate of drug-likeness (QED) is 0.0212. The highest BCUT2D eigenvalue weighted by molar-refractivity contribution is 7.45. The SMILES string of the molecule is CC/C=C/C/C=C/C/C=C/CCCCCCC(=O)OC(/C=C/CCCCCCCCCCCCC)C(COP(=O)([O-])OCC[N+](C)(C)C)NC(=O)CCCCC/C=C\CCCCCCCC. The minimum atomic E-state index is -4.70. The molecule has 10 heteroatoms. The van der Waals surface area contributed by atoms with Crippen LogP contribution in [0.1, 0.15) is 233 Å². The van der Waals surface area contributed by atoms with Crippen LogP contribution in [0.15, 0.2) is 60.8 Å². The van der Waals surface area contributed by atoms with Crippen LogP contribution in [0.5, 0.6) is 0 Å². The minimum Gasteiger partial charge on any atom is -0.756 e. The van der Waals surface area contributed by atoms with Crippen LogP contribution in [-0.4, -0.2) is 69.4 Å². The first-order chi connectivity index (χ1) is 31.9. The number of carbonyl (C=O) groups excluding carboxylic acids is 2. The average Bonchev–Trinajstić information content (AvgIpc) is 3.27. The van der Waals surface area contributed by atoms with Crippen molar-refractivity contribution < 1.29 is 37.3 Å². The van der Waals surface area contributed by atoms with Gasteiger partial charge in [0.1, 0.15) is 19.3 Å². The van der Waals surface area contributed by atoms with Crippen molar-refractivity contribution in [1.82, 2.24) is 5.32 Å². The zero-order chi connectivity index (χ0) is 48.7. The van der Waals surface area contributed by atoms with Gasteiger partial charge in [-0.05, 0) is 89.5 Å². The van der Waals surface area contributed by atoms with Crippen molar-refractivity contribution in [3.05, 3.63) is 60.8 Å². The second-order valence-electron chi connectivity index (χ2n) is 19.3. The summed E-state index contributed by atoms with van der Waals surface area (Å²) in [5.74, 6) is -0.587. The molecule has 0 radical (unpaired) electrons. The molecular weight excluding hydrogens is 844 g/mol. The van der Waals surface area contributed by atoms with Crippen LogP contribution in [0.3, 0.4) is 0 Å². The molecule has 0 rings (SSSR count). The zero-order valence-electron chi connectivity index (χ0n) is 43.6. The van der Waals surface area contributed by atoms with Gasteiger partial charge in [-0.3, -0.25) is 14.2 Å². The third kappa shape index (κ3) is 46.8. The molecule has 0 fully saturated rings. The molecule has 0 aromatic carbocycles. The predicted octanol–water partition coefficient (Wildman–Crippen LogP) is 15.3. The van der Waals surface area contributed by atoms with Gasteiger partial charge in [-0.25, -0.2) is 0 Å². The topological polar surface area (TPSA) is 114 Å². The number of esters is 1. The second-order valence-corrected chi connectivity index (χ2v) is 20.8. The number of carbonyl (C=O) groups is 2. The lowest BCUT2D eigenvalue weighted by atomic mass is 10.0. The number of nitrogens with one attached hydrogen (secondary N) is 1. The Kier molecular flexibility index (Phi) is 44.8. The summed E-state index contributed by atoms with van der Waals surface area (Å²) in [7, 11) is 1.16. The van der Waals surface area contributed by atoms with Crippen molar-refractivity contribution in [3.8, 4) is 0 Å². The number of ether oxygens (including phenoxy) is 1. The number of phosphoric acid groups is 1. The molecule has 0 bridgehead atoms. The van der Waals surface area contributed by atoms with Crippen LogP contribution >= 0.6 is 7.82 Å². The third-order valence-corrected chi connectivity index (χ3v) is 12.6. The summed E-state index contributed by atoms with van der Waals surface area (Å²) in [5.41, 5.74) is 0. The summed E-state index contributed by atoms with van der Waals surface area (Å²) >= 11 is 0. The largest absolute Gasteiger partial charge is 0.756 e. The fourth-order valence-electron chi connectivity index (χ4n) is 7.47. The van der Waals surface area contributed by atoms with E-state index < -0.39 is 26.6 Å². The van der Waals surface area contributed by atoms with Gasteiger partial charge in [0.05, 0.1) is 33.8 Å². The summed E-state index contributed by atoms with van der Waals surface area (Å²) < 4.78 is 30.1. The highest BCUT2D eigenvalue weighted by Crippen LogP contribution is 2.38. The monoisotopic (exact) mass is 947 g/mol.